The van der Waals surface area contributed by atoms with Gasteiger partial charge in [-0.15, -0.1) is 0 Å². The predicted molar refractivity (Wildman–Crippen MR) is 86.9 cm³/mol. The molecule has 120 valence electrons. The van der Waals surface area contributed by atoms with Crippen LogP contribution in [0.4, 0.5) is 11.4 Å². The molecule has 7 heteroatoms. The fraction of sp³-hybridized carbons (Fsp3) is 0.250. The van der Waals surface area contributed by atoms with Gasteiger partial charge in [0.1, 0.15) is 17.2 Å². The number of allylic oxidation sites excluding steroid dienone is 3. The molecule has 2 aliphatic heterocycles. The van der Waals surface area contributed by atoms with Gasteiger partial charge in [0, 0.05) is 23.9 Å². The average Bonchev–Trinajstić information content (AvgIpc) is 2.51. The normalized spacial score (nSPS) is 15.2. The largest absolute Gasteiger partial charge is 0.492 e. The maximum absolute atomic E-state index is 11.2. The highest BCUT2D eigenvalue weighted by atomic mass is 16.6. The summed E-state index contributed by atoms with van der Waals surface area (Å²) in [6.45, 7) is 4.67. The number of nitro groups is 1. The summed E-state index contributed by atoms with van der Waals surface area (Å²) in [7, 11) is 0. The van der Waals surface area contributed by atoms with Gasteiger partial charge in [-0.25, -0.2) is 0 Å². The summed E-state index contributed by atoms with van der Waals surface area (Å²) in [5, 5.41) is 11.2. The van der Waals surface area contributed by atoms with E-state index in [0.717, 1.165) is 5.70 Å². The van der Waals surface area contributed by atoms with Crippen LogP contribution in [-0.2, 0) is 0 Å². The highest BCUT2D eigenvalue weighted by Crippen LogP contribution is 2.47. The molecule has 0 unspecified atom stereocenters. The number of nitrogens with zero attached hydrogens (tertiary/aromatic N) is 2. The van der Waals surface area contributed by atoms with E-state index in [1.165, 1.54) is 6.08 Å². The lowest BCUT2D eigenvalue weighted by molar-refractivity contribution is -0.421. The number of hydrogen-bond acceptors (Lipinski definition) is 6. The molecule has 2 bridgehead atoms. The number of benzene rings is 1. The summed E-state index contributed by atoms with van der Waals surface area (Å²) in [6, 6.07) is 3.45. The van der Waals surface area contributed by atoms with Crippen LogP contribution in [0.2, 0.25) is 0 Å². The molecular formula is C16H17N3O4. The molecule has 0 atom stereocenters. The standard InChI is InChI=1S/C16H17N3O4/c1-3-22-15-9-14(16(23-4-2)8-11(15)17)18-10-5-6-12(19(20)21)13(18)7-10/h5-9H,3-4,17H2,1-2H3. The number of anilines is 2. The molecule has 0 fully saturated rings. The van der Waals surface area contributed by atoms with Crippen LogP contribution in [0.25, 0.3) is 0 Å². The third-order valence-electron chi connectivity index (χ3n) is 3.59. The summed E-state index contributed by atoms with van der Waals surface area (Å²) in [6.07, 6.45) is 4.98. The summed E-state index contributed by atoms with van der Waals surface area (Å²) >= 11 is 0. The van der Waals surface area contributed by atoms with Crippen LogP contribution in [0.3, 0.4) is 0 Å². The zero-order valence-electron chi connectivity index (χ0n) is 12.9. The first-order valence-electron chi connectivity index (χ1n) is 7.34. The van der Waals surface area contributed by atoms with Crippen LogP contribution < -0.4 is 20.1 Å². The minimum absolute atomic E-state index is 0.0530. The molecule has 1 aromatic rings. The van der Waals surface area contributed by atoms with Crippen molar-refractivity contribution in [2.45, 2.75) is 13.8 Å². The quantitative estimate of drug-likeness (QED) is 0.493. The van der Waals surface area contributed by atoms with E-state index in [9.17, 15) is 10.1 Å². The molecular weight excluding hydrogens is 298 g/mol. The van der Waals surface area contributed by atoms with Crippen LogP contribution in [-0.4, -0.2) is 18.1 Å². The molecule has 1 aromatic carbocycles. The first kappa shape index (κ1) is 15.0. The number of nitrogens with two attached hydrogens (primary N) is 1. The van der Waals surface area contributed by atoms with E-state index in [4.69, 9.17) is 15.2 Å². The lowest BCUT2D eigenvalue weighted by atomic mass is 9.99. The fourth-order valence-corrected chi connectivity index (χ4v) is 2.62. The van der Waals surface area contributed by atoms with Gasteiger partial charge in [0.15, 0.2) is 0 Å². The molecule has 2 heterocycles. The minimum Gasteiger partial charge on any atom is -0.492 e. The molecule has 2 aliphatic rings. The van der Waals surface area contributed by atoms with E-state index in [0.29, 0.717) is 41.8 Å². The summed E-state index contributed by atoms with van der Waals surface area (Å²) in [4.78, 5) is 12.6. The molecule has 0 aliphatic carbocycles. The van der Waals surface area contributed by atoms with E-state index in [2.05, 4.69) is 0 Å². The molecule has 7 nitrogen and oxygen atoms in total. The zero-order chi connectivity index (χ0) is 16.6. The molecule has 3 rings (SSSR count). The number of ether oxygens (including phenoxy) is 2. The van der Waals surface area contributed by atoms with Crippen LogP contribution >= 0.6 is 0 Å². The number of hydrogen-bond donors (Lipinski definition) is 1. The molecule has 0 amide bonds. The Bertz CT molecular complexity index is 762. The van der Waals surface area contributed by atoms with Crippen molar-refractivity contribution in [3.8, 4) is 11.5 Å². The van der Waals surface area contributed by atoms with Gasteiger partial charge in [-0.2, -0.15) is 0 Å². The predicted octanol–water partition coefficient (Wildman–Crippen LogP) is 2.83. The Morgan fingerprint density at radius 3 is 2.48 bits per heavy atom. The summed E-state index contributed by atoms with van der Waals surface area (Å²) in [5.41, 5.74) is 8.58. The van der Waals surface area contributed by atoms with Crippen molar-refractivity contribution in [3.05, 3.63) is 57.6 Å². The van der Waals surface area contributed by atoms with E-state index in [1.807, 2.05) is 13.8 Å². The Morgan fingerprint density at radius 2 is 1.87 bits per heavy atom. The van der Waals surface area contributed by atoms with Gasteiger partial charge in [-0.05, 0) is 26.0 Å². The fourth-order valence-electron chi connectivity index (χ4n) is 2.62. The Labute approximate surface area is 133 Å². The molecule has 0 saturated carbocycles. The lowest BCUT2D eigenvalue weighted by Crippen LogP contribution is -2.34. The summed E-state index contributed by atoms with van der Waals surface area (Å²) < 4.78 is 11.2. The van der Waals surface area contributed by atoms with Crippen molar-refractivity contribution in [2.75, 3.05) is 23.8 Å². The Kier molecular flexibility index (Phi) is 3.69. The maximum atomic E-state index is 11.2. The van der Waals surface area contributed by atoms with Crippen molar-refractivity contribution >= 4 is 11.4 Å². The van der Waals surface area contributed by atoms with Crippen molar-refractivity contribution < 1.29 is 14.4 Å². The zero-order valence-corrected chi connectivity index (χ0v) is 12.9. The SMILES string of the molecule is CCOc1cc(N2c3ccc([N+](=O)[O-])c2c3)c(OCC)cc1N. The first-order valence-corrected chi connectivity index (χ1v) is 7.34. The smallest absolute Gasteiger partial charge is 0.293 e. The van der Waals surface area contributed by atoms with Gasteiger partial charge in [0.05, 0.1) is 29.5 Å². The first-order chi connectivity index (χ1) is 11.1. The Balaban J connectivity index is 2.05. The maximum Gasteiger partial charge on any atom is 0.293 e. The minimum atomic E-state index is -0.396. The third-order valence-corrected chi connectivity index (χ3v) is 3.59. The molecule has 0 aromatic heterocycles. The average molecular weight is 315 g/mol. The highest BCUT2D eigenvalue weighted by molar-refractivity contribution is 5.81. The van der Waals surface area contributed by atoms with E-state index in [1.54, 1.807) is 29.2 Å². The van der Waals surface area contributed by atoms with E-state index in [-0.39, 0.29) is 5.70 Å². The van der Waals surface area contributed by atoms with Crippen LogP contribution in [0.15, 0.2) is 47.5 Å². The van der Waals surface area contributed by atoms with Gasteiger partial charge >= 0.3 is 0 Å². The van der Waals surface area contributed by atoms with Crippen LogP contribution in [0.1, 0.15) is 13.8 Å². The topological polar surface area (TPSA) is 90.9 Å². The second kappa shape index (κ2) is 5.68. The Morgan fingerprint density at radius 1 is 1.17 bits per heavy atom. The van der Waals surface area contributed by atoms with E-state index >= 15 is 0 Å². The van der Waals surface area contributed by atoms with Gasteiger partial charge < -0.3 is 20.1 Å². The van der Waals surface area contributed by atoms with Gasteiger partial charge in [0.2, 0.25) is 0 Å². The van der Waals surface area contributed by atoms with E-state index < -0.39 is 4.92 Å². The number of rotatable bonds is 6. The third kappa shape index (κ3) is 2.40. The number of nitrogen functional groups attached to an aromatic ring is 1. The second-order valence-electron chi connectivity index (χ2n) is 4.99. The van der Waals surface area contributed by atoms with Crippen molar-refractivity contribution in [1.29, 1.82) is 0 Å². The highest BCUT2D eigenvalue weighted by Gasteiger charge is 2.38. The van der Waals surface area contributed by atoms with Crippen LogP contribution in [0.5, 0.6) is 11.5 Å². The molecule has 2 N–H and O–H groups in total. The monoisotopic (exact) mass is 315 g/mol. The van der Waals surface area contributed by atoms with Gasteiger partial charge in [-0.3, -0.25) is 10.1 Å². The van der Waals surface area contributed by atoms with Gasteiger partial charge in [-0.1, -0.05) is 0 Å². The lowest BCUT2D eigenvalue weighted by Gasteiger charge is -2.37. The van der Waals surface area contributed by atoms with Crippen LogP contribution in [0, 0.1) is 10.1 Å². The van der Waals surface area contributed by atoms with Crippen molar-refractivity contribution in [2.24, 2.45) is 0 Å². The van der Waals surface area contributed by atoms with Crippen molar-refractivity contribution in [3.63, 3.8) is 0 Å². The molecule has 0 spiro atoms. The summed E-state index contributed by atoms with van der Waals surface area (Å²) in [5.74, 6) is 1.10. The van der Waals surface area contributed by atoms with Crippen molar-refractivity contribution in [1.82, 2.24) is 0 Å². The van der Waals surface area contributed by atoms with Gasteiger partial charge in [0.25, 0.3) is 5.70 Å². The molecule has 0 radical (unpaired) electrons. The Hall–Kier alpha value is -2.96. The number of fused-ring (bicyclic) bond motifs is 2. The second-order valence-corrected chi connectivity index (χ2v) is 4.99. The molecule has 0 saturated heterocycles. The molecule has 23 heavy (non-hydrogen) atoms.